The van der Waals surface area contributed by atoms with Gasteiger partial charge in [0.05, 0.1) is 5.69 Å². The molecular formula is C19H22FN3O3. The van der Waals surface area contributed by atoms with Crippen molar-refractivity contribution in [2.75, 3.05) is 5.32 Å². The molecule has 1 amide bonds. The number of benzene rings is 1. The number of ether oxygens (including phenoxy) is 1. The Morgan fingerprint density at radius 2 is 2.00 bits per heavy atom. The van der Waals surface area contributed by atoms with Crippen LogP contribution in [0.25, 0.3) is 6.08 Å². The van der Waals surface area contributed by atoms with Crippen LogP contribution in [-0.2, 0) is 21.4 Å². The Morgan fingerprint density at radius 1 is 1.31 bits per heavy atom. The first kappa shape index (κ1) is 19.4. The van der Waals surface area contributed by atoms with Crippen LogP contribution in [0.1, 0.15) is 29.4 Å². The Labute approximate surface area is 151 Å². The van der Waals surface area contributed by atoms with Gasteiger partial charge in [-0.3, -0.25) is 9.48 Å². The minimum Gasteiger partial charge on any atom is -0.449 e. The highest BCUT2D eigenvalue weighted by Crippen LogP contribution is 2.15. The lowest BCUT2D eigenvalue weighted by molar-refractivity contribution is -0.148. The highest BCUT2D eigenvalue weighted by atomic mass is 19.1. The smallest absolute Gasteiger partial charge is 0.331 e. The third kappa shape index (κ3) is 4.56. The molecule has 1 aromatic heterocycles. The molecule has 0 radical (unpaired) electrons. The third-order valence-electron chi connectivity index (χ3n) is 4.05. The highest BCUT2D eigenvalue weighted by molar-refractivity contribution is 5.96. The maximum Gasteiger partial charge on any atom is 0.331 e. The predicted molar refractivity (Wildman–Crippen MR) is 97.0 cm³/mol. The molecule has 0 aliphatic carbocycles. The fraction of sp³-hybridized carbons (Fsp3) is 0.316. The molecule has 1 aromatic carbocycles. The van der Waals surface area contributed by atoms with E-state index in [0.717, 1.165) is 17.0 Å². The Bertz CT molecular complexity index is 871. The molecule has 6 nitrogen and oxygen atoms in total. The molecule has 2 aromatic rings. The van der Waals surface area contributed by atoms with Crippen molar-refractivity contribution in [3.05, 3.63) is 52.6 Å². The number of esters is 1. The van der Waals surface area contributed by atoms with Gasteiger partial charge in [-0.2, -0.15) is 5.10 Å². The maximum atomic E-state index is 13.5. The second kappa shape index (κ2) is 7.95. The van der Waals surface area contributed by atoms with E-state index in [-0.39, 0.29) is 0 Å². The molecule has 0 saturated heterocycles. The van der Waals surface area contributed by atoms with Crippen LogP contribution in [0.2, 0.25) is 0 Å². The average Bonchev–Trinajstić information content (AvgIpc) is 2.81. The van der Waals surface area contributed by atoms with E-state index < -0.39 is 23.8 Å². The average molecular weight is 359 g/mol. The zero-order valence-corrected chi connectivity index (χ0v) is 15.5. The van der Waals surface area contributed by atoms with Crippen LogP contribution in [0.4, 0.5) is 10.1 Å². The van der Waals surface area contributed by atoms with Gasteiger partial charge in [-0.15, -0.1) is 0 Å². The minimum atomic E-state index is -1.02. The van der Waals surface area contributed by atoms with Crippen molar-refractivity contribution in [1.82, 2.24) is 9.78 Å². The lowest BCUT2D eigenvalue weighted by atomic mass is 10.2. The van der Waals surface area contributed by atoms with Gasteiger partial charge in [0.1, 0.15) is 5.82 Å². The summed E-state index contributed by atoms with van der Waals surface area (Å²) in [6, 6.07) is 4.36. The lowest BCUT2D eigenvalue weighted by Gasteiger charge is -2.12. The first-order valence-electron chi connectivity index (χ1n) is 8.15. The van der Waals surface area contributed by atoms with Gasteiger partial charge in [-0.25, -0.2) is 9.18 Å². The third-order valence-corrected chi connectivity index (χ3v) is 4.05. The standard InChI is InChI=1S/C19H22FN3O3/c1-11-6-7-15(10-17(11)20)21-19(25)14(4)26-18(24)9-8-16-12(2)22-23(5)13(16)3/h6-10,14H,1-5H3,(H,21,25)/b9-8+/t14-/m1/s1. The summed E-state index contributed by atoms with van der Waals surface area (Å²) in [4.78, 5) is 24.0. The van der Waals surface area contributed by atoms with Crippen LogP contribution in [-0.4, -0.2) is 27.8 Å². The quantitative estimate of drug-likeness (QED) is 0.658. The summed E-state index contributed by atoms with van der Waals surface area (Å²) >= 11 is 0. The van der Waals surface area contributed by atoms with Crippen LogP contribution in [0, 0.1) is 26.6 Å². The van der Waals surface area contributed by atoms with E-state index >= 15 is 0 Å². The molecule has 0 unspecified atom stereocenters. The number of aryl methyl sites for hydroxylation is 3. The minimum absolute atomic E-state index is 0.304. The van der Waals surface area contributed by atoms with Crippen LogP contribution >= 0.6 is 0 Å². The van der Waals surface area contributed by atoms with Crippen molar-refractivity contribution >= 4 is 23.6 Å². The largest absolute Gasteiger partial charge is 0.449 e. The van der Waals surface area contributed by atoms with Gasteiger partial charge in [0.15, 0.2) is 6.10 Å². The monoisotopic (exact) mass is 359 g/mol. The molecule has 0 aliphatic heterocycles. The van der Waals surface area contributed by atoms with Gasteiger partial charge >= 0.3 is 5.97 Å². The fourth-order valence-electron chi connectivity index (χ4n) is 2.36. The number of aromatic nitrogens is 2. The Morgan fingerprint density at radius 3 is 2.58 bits per heavy atom. The van der Waals surface area contributed by atoms with E-state index in [4.69, 9.17) is 4.74 Å². The molecule has 7 heteroatoms. The van der Waals surface area contributed by atoms with Crippen LogP contribution in [0.5, 0.6) is 0 Å². The lowest BCUT2D eigenvalue weighted by Crippen LogP contribution is -2.29. The Kier molecular flexibility index (Phi) is 5.92. The summed E-state index contributed by atoms with van der Waals surface area (Å²) in [6.45, 7) is 6.81. The summed E-state index contributed by atoms with van der Waals surface area (Å²) in [5.74, 6) is -1.60. The van der Waals surface area contributed by atoms with Gasteiger partial charge in [0.25, 0.3) is 5.91 Å². The first-order valence-corrected chi connectivity index (χ1v) is 8.15. The number of halogens is 1. The van der Waals surface area contributed by atoms with Crippen LogP contribution < -0.4 is 5.32 Å². The van der Waals surface area contributed by atoms with Crippen LogP contribution in [0.3, 0.4) is 0 Å². The van der Waals surface area contributed by atoms with E-state index in [1.807, 2.05) is 20.9 Å². The number of carbonyl (C=O) groups excluding carboxylic acids is 2. The molecule has 0 saturated carbocycles. The van der Waals surface area contributed by atoms with Crippen molar-refractivity contribution < 1.29 is 18.7 Å². The van der Waals surface area contributed by atoms with Crippen LogP contribution in [0.15, 0.2) is 24.3 Å². The van der Waals surface area contributed by atoms with Gasteiger partial charge in [0, 0.05) is 30.1 Å². The van der Waals surface area contributed by atoms with Gasteiger partial charge in [0.2, 0.25) is 0 Å². The van der Waals surface area contributed by atoms with E-state index in [9.17, 15) is 14.0 Å². The number of carbonyl (C=O) groups is 2. The normalized spacial score (nSPS) is 12.2. The number of anilines is 1. The molecule has 0 fully saturated rings. The number of nitrogens with one attached hydrogen (secondary N) is 1. The summed E-state index contributed by atoms with van der Waals surface area (Å²) in [5.41, 5.74) is 3.32. The number of amides is 1. The molecule has 0 aliphatic rings. The molecule has 0 bridgehead atoms. The first-order chi connectivity index (χ1) is 12.2. The van der Waals surface area contributed by atoms with Crippen molar-refractivity contribution in [1.29, 1.82) is 0 Å². The molecule has 138 valence electrons. The second-order valence-electron chi connectivity index (χ2n) is 6.07. The van der Waals surface area contributed by atoms with Crippen molar-refractivity contribution in [3.8, 4) is 0 Å². The summed E-state index contributed by atoms with van der Waals surface area (Å²) in [6.07, 6.45) is 1.85. The molecule has 1 heterocycles. The number of hydrogen-bond acceptors (Lipinski definition) is 4. The Hall–Kier alpha value is -2.96. The van der Waals surface area contributed by atoms with Gasteiger partial charge in [-0.1, -0.05) is 6.07 Å². The van der Waals surface area contributed by atoms with E-state index in [1.165, 1.54) is 19.1 Å². The summed E-state index contributed by atoms with van der Waals surface area (Å²) in [7, 11) is 1.82. The molecule has 0 spiro atoms. The molecular weight excluding hydrogens is 337 g/mol. The maximum absolute atomic E-state index is 13.5. The summed E-state index contributed by atoms with van der Waals surface area (Å²) < 4.78 is 20.3. The second-order valence-corrected chi connectivity index (χ2v) is 6.07. The molecule has 1 N–H and O–H groups in total. The summed E-state index contributed by atoms with van der Waals surface area (Å²) in [5, 5.41) is 6.77. The zero-order chi connectivity index (χ0) is 19.4. The predicted octanol–water partition coefficient (Wildman–Crippen LogP) is 3.07. The fourth-order valence-corrected chi connectivity index (χ4v) is 2.36. The number of rotatable bonds is 5. The SMILES string of the molecule is Cc1ccc(NC(=O)[C@@H](C)OC(=O)/C=C/c2c(C)nn(C)c2C)cc1F. The van der Waals surface area contributed by atoms with Crippen molar-refractivity contribution in [3.63, 3.8) is 0 Å². The van der Waals surface area contributed by atoms with Gasteiger partial charge in [-0.05, 0) is 51.5 Å². The van der Waals surface area contributed by atoms with E-state index in [0.29, 0.717) is 11.3 Å². The van der Waals surface area contributed by atoms with Gasteiger partial charge < -0.3 is 10.1 Å². The molecule has 1 atom stereocenters. The van der Waals surface area contributed by atoms with Crippen molar-refractivity contribution in [2.45, 2.75) is 33.8 Å². The number of hydrogen-bond donors (Lipinski definition) is 1. The van der Waals surface area contributed by atoms with E-state index in [1.54, 1.807) is 29.8 Å². The molecule has 26 heavy (non-hydrogen) atoms. The van der Waals surface area contributed by atoms with E-state index in [2.05, 4.69) is 10.4 Å². The highest BCUT2D eigenvalue weighted by Gasteiger charge is 2.17. The Balaban J connectivity index is 1.96. The van der Waals surface area contributed by atoms with Crippen molar-refractivity contribution in [2.24, 2.45) is 7.05 Å². The number of nitrogens with zero attached hydrogens (tertiary/aromatic N) is 2. The molecule has 2 rings (SSSR count). The topological polar surface area (TPSA) is 73.2 Å². The zero-order valence-electron chi connectivity index (χ0n) is 15.5.